The van der Waals surface area contributed by atoms with Gasteiger partial charge in [-0.15, -0.1) is 0 Å². The van der Waals surface area contributed by atoms with Crippen LogP contribution in [0.5, 0.6) is 5.75 Å². The number of rotatable bonds is 3. The highest BCUT2D eigenvalue weighted by molar-refractivity contribution is 5.78. The molecular weight excluding hydrogens is 283 g/mol. The maximum absolute atomic E-state index is 13.6. The van der Waals surface area contributed by atoms with Crippen molar-refractivity contribution in [2.24, 2.45) is 0 Å². The predicted molar refractivity (Wildman–Crippen MR) is 82.3 cm³/mol. The molecule has 1 amide bonds. The normalized spacial score (nSPS) is 28.1. The third-order valence-electron chi connectivity index (χ3n) is 4.90. The molecule has 0 radical (unpaired) electrons. The van der Waals surface area contributed by atoms with E-state index < -0.39 is 5.82 Å². The third-order valence-corrected chi connectivity index (χ3v) is 4.90. The van der Waals surface area contributed by atoms with E-state index in [4.69, 9.17) is 4.74 Å². The second kappa shape index (κ2) is 6.24. The SMILES string of the molecule is C[C@]12CCCN(C(=O)COc3ccccc3F)[C@@H]1CCCN2. The average Bonchev–Trinajstić information content (AvgIpc) is 2.52. The summed E-state index contributed by atoms with van der Waals surface area (Å²) in [7, 11) is 0. The molecule has 3 rings (SSSR count). The van der Waals surface area contributed by atoms with E-state index in [1.54, 1.807) is 18.2 Å². The molecule has 2 fully saturated rings. The Kier molecular flexibility index (Phi) is 4.34. The fourth-order valence-electron chi connectivity index (χ4n) is 3.72. The minimum absolute atomic E-state index is 0.00412. The number of benzene rings is 1. The van der Waals surface area contributed by atoms with Gasteiger partial charge in [0.25, 0.3) is 5.91 Å². The Bertz CT molecular complexity index is 547. The van der Waals surface area contributed by atoms with E-state index in [1.807, 2.05) is 4.90 Å². The molecule has 0 aromatic heterocycles. The minimum atomic E-state index is -0.432. The maximum Gasteiger partial charge on any atom is 0.260 e. The molecular formula is C17H23FN2O2. The number of halogens is 1. The number of piperidine rings is 2. The highest BCUT2D eigenvalue weighted by atomic mass is 19.1. The molecule has 1 N–H and O–H groups in total. The molecule has 0 spiro atoms. The number of nitrogens with zero attached hydrogens (tertiary/aromatic N) is 1. The van der Waals surface area contributed by atoms with Crippen molar-refractivity contribution < 1.29 is 13.9 Å². The summed E-state index contributed by atoms with van der Waals surface area (Å²) in [6.07, 6.45) is 4.19. The molecule has 2 heterocycles. The fraction of sp³-hybridized carbons (Fsp3) is 0.588. The Balaban J connectivity index is 1.65. The van der Waals surface area contributed by atoms with E-state index in [2.05, 4.69) is 12.2 Å². The number of likely N-dealkylation sites (tertiary alicyclic amines) is 1. The van der Waals surface area contributed by atoms with Gasteiger partial charge in [0, 0.05) is 18.1 Å². The summed E-state index contributed by atoms with van der Waals surface area (Å²) in [5, 5.41) is 3.57. The zero-order chi connectivity index (χ0) is 15.6. The number of amides is 1. The van der Waals surface area contributed by atoms with Gasteiger partial charge in [0.1, 0.15) is 0 Å². The molecule has 5 heteroatoms. The molecule has 4 nitrogen and oxygen atoms in total. The highest BCUT2D eigenvalue weighted by Crippen LogP contribution is 2.33. The van der Waals surface area contributed by atoms with Crippen molar-refractivity contribution in [1.82, 2.24) is 10.2 Å². The summed E-state index contributed by atoms with van der Waals surface area (Å²) in [6.45, 7) is 3.88. The van der Waals surface area contributed by atoms with Crippen molar-refractivity contribution in [2.75, 3.05) is 19.7 Å². The van der Waals surface area contributed by atoms with Crippen LogP contribution in [0.3, 0.4) is 0 Å². The molecule has 2 aliphatic heterocycles. The number of fused-ring (bicyclic) bond motifs is 1. The number of ether oxygens (including phenoxy) is 1. The largest absolute Gasteiger partial charge is 0.481 e. The predicted octanol–water partition coefficient (Wildman–Crippen LogP) is 2.34. The van der Waals surface area contributed by atoms with Gasteiger partial charge in [-0.25, -0.2) is 4.39 Å². The molecule has 22 heavy (non-hydrogen) atoms. The van der Waals surface area contributed by atoms with Crippen molar-refractivity contribution >= 4 is 5.91 Å². The summed E-state index contributed by atoms with van der Waals surface area (Å²) in [5.41, 5.74) is 0.00412. The Labute approximate surface area is 130 Å². The first-order chi connectivity index (χ1) is 10.6. The van der Waals surface area contributed by atoms with Crippen LogP contribution in [-0.4, -0.2) is 42.1 Å². The molecule has 120 valence electrons. The van der Waals surface area contributed by atoms with Gasteiger partial charge in [0.15, 0.2) is 18.2 Å². The zero-order valence-electron chi connectivity index (χ0n) is 13.0. The van der Waals surface area contributed by atoms with Gasteiger partial charge in [-0.3, -0.25) is 4.79 Å². The number of hydrogen-bond acceptors (Lipinski definition) is 3. The van der Waals surface area contributed by atoms with E-state index in [1.165, 1.54) is 6.07 Å². The van der Waals surface area contributed by atoms with Gasteiger partial charge in [0.05, 0.1) is 0 Å². The Hall–Kier alpha value is -1.62. The number of hydrogen-bond donors (Lipinski definition) is 1. The Morgan fingerprint density at radius 1 is 1.45 bits per heavy atom. The number of para-hydroxylation sites is 1. The van der Waals surface area contributed by atoms with Crippen molar-refractivity contribution in [2.45, 2.75) is 44.2 Å². The second-order valence-corrected chi connectivity index (χ2v) is 6.41. The van der Waals surface area contributed by atoms with Crippen molar-refractivity contribution in [3.63, 3.8) is 0 Å². The molecule has 2 saturated heterocycles. The van der Waals surface area contributed by atoms with Gasteiger partial charge in [0.2, 0.25) is 0 Å². The van der Waals surface area contributed by atoms with Gasteiger partial charge < -0.3 is 15.0 Å². The Morgan fingerprint density at radius 2 is 2.27 bits per heavy atom. The monoisotopic (exact) mass is 306 g/mol. The van der Waals surface area contributed by atoms with E-state index in [9.17, 15) is 9.18 Å². The van der Waals surface area contributed by atoms with Crippen LogP contribution < -0.4 is 10.1 Å². The van der Waals surface area contributed by atoms with Crippen LogP contribution in [0, 0.1) is 5.82 Å². The van der Waals surface area contributed by atoms with E-state index in [-0.39, 0.29) is 29.8 Å². The number of nitrogens with one attached hydrogen (secondary N) is 1. The second-order valence-electron chi connectivity index (χ2n) is 6.41. The van der Waals surface area contributed by atoms with E-state index in [0.29, 0.717) is 0 Å². The molecule has 2 aliphatic rings. The van der Waals surface area contributed by atoms with Crippen molar-refractivity contribution in [1.29, 1.82) is 0 Å². The standard InChI is InChI=1S/C17H23FN2O2/c1-17-9-5-11-20(15(17)8-4-10-19-17)16(21)12-22-14-7-3-2-6-13(14)18/h2-3,6-7,15,19H,4-5,8-12H2,1H3/t15-,17+/m1/s1. The first-order valence-electron chi connectivity index (χ1n) is 8.02. The topological polar surface area (TPSA) is 41.6 Å². The Morgan fingerprint density at radius 3 is 3.09 bits per heavy atom. The molecule has 0 unspecified atom stereocenters. The van der Waals surface area contributed by atoms with Crippen LogP contribution in [-0.2, 0) is 4.79 Å². The quantitative estimate of drug-likeness (QED) is 0.932. The highest BCUT2D eigenvalue weighted by Gasteiger charge is 2.44. The van der Waals surface area contributed by atoms with Crippen LogP contribution >= 0.6 is 0 Å². The molecule has 2 atom stereocenters. The van der Waals surface area contributed by atoms with Crippen LogP contribution in [0.4, 0.5) is 4.39 Å². The van der Waals surface area contributed by atoms with Gasteiger partial charge in [-0.1, -0.05) is 12.1 Å². The zero-order valence-corrected chi connectivity index (χ0v) is 13.0. The lowest BCUT2D eigenvalue weighted by Gasteiger charge is -2.51. The summed E-state index contributed by atoms with van der Waals surface area (Å²) in [6, 6.07) is 6.40. The average molecular weight is 306 g/mol. The number of carbonyl (C=O) groups is 1. The summed E-state index contributed by atoms with van der Waals surface area (Å²) in [5.74, 6) is -0.349. The lowest BCUT2D eigenvalue weighted by molar-refractivity contribution is -0.140. The molecule has 1 aromatic rings. The first-order valence-corrected chi connectivity index (χ1v) is 8.02. The van der Waals surface area contributed by atoms with E-state index in [0.717, 1.165) is 38.8 Å². The number of carbonyl (C=O) groups excluding carboxylic acids is 1. The lowest BCUT2D eigenvalue weighted by Crippen LogP contribution is -2.66. The van der Waals surface area contributed by atoms with Crippen LogP contribution in [0.15, 0.2) is 24.3 Å². The minimum Gasteiger partial charge on any atom is -0.481 e. The van der Waals surface area contributed by atoms with Gasteiger partial charge in [-0.2, -0.15) is 0 Å². The first kappa shape index (κ1) is 15.3. The lowest BCUT2D eigenvalue weighted by atomic mass is 9.78. The fourth-order valence-corrected chi connectivity index (χ4v) is 3.72. The molecule has 0 saturated carbocycles. The van der Waals surface area contributed by atoms with E-state index >= 15 is 0 Å². The molecule has 0 aliphatic carbocycles. The van der Waals surface area contributed by atoms with Crippen LogP contribution in [0.25, 0.3) is 0 Å². The van der Waals surface area contributed by atoms with Gasteiger partial charge in [-0.05, 0) is 51.3 Å². The van der Waals surface area contributed by atoms with Crippen molar-refractivity contribution in [3.05, 3.63) is 30.1 Å². The maximum atomic E-state index is 13.6. The molecule has 0 bridgehead atoms. The molecule has 1 aromatic carbocycles. The summed E-state index contributed by atoms with van der Waals surface area (Å²) >= 11 is 0. The summed E-state index contributed by atoms with van der Waals surface area (Å²) < 4.78 is 18.9. The van der Waals surface area contributed by atoms with Crippen LogP contribution in [0.1, 0.15) is 32.6 Å². The van der Waals surface area contributed by atoms with Crippen LogP contribution in [0.2, 0.25) is 0 Å². The summed E-state index contributed by atoms with van der Waals surface area (Å²) in [4.78, 5) is 14.5. The van der Waals surface area contributed by atoms with Crippen molar-refractivity contribution in [3.8, 4) is 5.75 Å². The smallest absolute Gasteiger partial charge is 0.260 e. The van der Waals surface area contributed by atoms with Gasteiger partial charge >= 0.3 is 0 Å². The third kappa shape index (κ3) is 2.95.